The third-order valence-corrected chi connectivity index (χ3v) is 3.46. The van der Waals surface area contributed by atoms with Gasteiger partial charge in [0.05, 0.1) is 12.6 Å². The number of carbonyl (C=O) groups excluding carboxylic acids is 2. The number of rotatable bonds is 14. The van der Waals surface area contributed by atoms with Crippen LogP contribution in [0.4, 0.5) is 0 Å². The van der Waals surface area contributed by atoms with Gasteiger partial charge in [0, 0.05) is 6.42 Å². The van der Waals surface area contributed by atoms with E-state index < -0.39 is 0 Å². The summed E-state index contributed by atoms with van der Waals surface area (Å²) in [5, 5.41) is 3.04. The smallest absolute Gasteiger partial charge is 0.305 e. The van der Waals surface area contributed by atoms with Crippen molar-refractivity contribution in [2.75, 3.05) is 13.2 Å². The Kier molecular flexibility index (Phi) is 13.1. The molecule has 0 heterocycles. The molecule has 0 radical (unpaired) electrons. The van der Waals surface area contributed by atoms with Crippen molar-refractivity contribution in [1.82, 2.24) is 5.32 Å². The van der Waals surface area contributed by atoms with Gasteiger partial charge in [0.25, 0.3) is 0 Å². The predicted molar refractivity (Wildman–Crippen MR) is 84.8 cm³/mol. The number of nitrogens with one attached hydrogen (secondary N) is 1. The minimum absolute atomic E-state index is 0.155. The lowest BCUT2D eigenvalue weighted by Crippen LogP contribution is -2.41. The van der Waals surface area contributed by atoms with Crippen LogP contribution in [0.2, 0.25) is 0 Å². The van der Waals surface area contributed by atoms with Gasteiger partial charge >= 0.3 is 5.97 Å². The summed E-state index contributed by atoms with van der Waals surface area (Å²) in [6.07, 6.45) is 8.83. The fraction of sp³-hybridized carbons (Fsp3) is 0.875. The highest BCUT2D eigenvalue weighted by Crippen LogP contribution is 2.05. The molecule has 0 aromatic carbocycles. The molecule has 0 aromatic rings. The third kappa shape index (κ3) is 12.4. The van der Waals surface area contributed by atoms with E-state index in [9.17, 15) is 9.59 Å². The van der Waals surface area contributed by atoms with Gasteiger partial charge < -0.3 is 15.8 Å². The van der Waals surface area contributed by atoms with Crippen LogP contribution < -0.4 is 11.1 Å². The molecule has 5 heteroatoms. The Morgan fingerprint density at radius 3 is 2.33 bits per heavy atom. The number of unbranched alkanes of at least 4 members (excludes halogenated alkanes) is 5. The number of carbonyl (C=O) groups is 2. The van der Waals surface area contributed by atoms with E-state index in [1.54, 1.807) is 0 Å². The predicted octanol–water partition coefficient (Wildman–Crippen LogP) is 2.52. The molecule has 21 heavy (non-hydrogen) atoms. The second-order valence-corrected chi connectivity index (χ2v) is 5.41. The van der Waals surface area contributed by atoms with Crippen LogP contribution in [0.1, 0.15) is 71.6 Å². The van der Waals surface area contributed by atoms with Crippen molar-refractivity contribution in [2.24, 2.45) is 5.73 Å². The highest BCUT2D eigenvalue weighted by molar-refractivity contribution is 5.79. The first-order valence-electron chi connectivity index (χ1n) is 8.30. The van der Waals surface area contributed by atoms with Gasteiger partial charge in [0.15, 0.2) is 0 Å². The van der Waals surface area contributed by atoms with E-state index >= 15 is 0 Å². The Hall–Kier alpha value is -1.10. The largest absolute Gasteiger partial charge is 0.466 e. The molecular formula is C16H32N2O3. The second-order valence-electron chi connectivity index (χ2n) is 5.41. The van der Waals surface area contributed by atoms with E-state index in [4.69, 9.17) is 10.5 Å². The monoisotopic (exact) mass is 300 g/mol. The summed E-state index contributed by atoms with van der Waals surface area (Å²) in [5.41, 5.74) is 5.22. The van der Waals surface area contributed by atoms with Crippen molar-refractivity contribution in [3.05, 3.63) is 0 Å². The maximum Gasteiger partial charge on any atom is 0.305 e. The molecule has 0 aliphatic carbocycles. The quantitative estimate of drug-likeness (QED) is 0.381. The van der Waals surface area contributed by atoms with Gasteiger partial charge in [0.2, 0.25) is 5.91 Å². The number of ether oxygens (including phenoxy) is 1. The summed E-state index contributed by atoms with van der Waals surface area (Å²) in [5.74, 6) is -0.499. The molecule has 0 aliphatic rings. The first kappa shape index (κ1) is 19.9. The first-order chi connectivity index (χ1) is 10.1. The average Bonchev–Trinajstić information content (AvgIpc) is 2.46. The zero-order valence-corrected chi connectivity index (χ0v) is 13.7. The zero-order valence-electron chi connectivity index (χ0n) is 13.7. The van der Waals surface area contributed by atoms with Crippen LogP contribution in [0.5, 0.6) is 0 Å². The van der Waals surface area contributed by atoms with Gasteiger partial charge in [-0.2, -0.15) is 0 Å². The van der Waals surface area contributed by atoms with Crippen LogP contribution in [0.25, 0.3) is 0 Å². The Labute approximate surface area is 129 Å². The van der Waals surface area contributed by atoms with Crippen molar-refractivity contribution < 1.29 is 14.3 Å². The number of nitrogens with two attached hydrogens (primary N) is 1. The van der Waals surface area contributed by atoms with Crippen molar-refractivity contribution in [3.8, 4) is 0 Å². The summed E-state index contributed by atoms with van der Waals surface area (Å²) < 4.78 is 5.17. The van der Waals surface area contributed by atoms with Crippen LogP contribution in [-0.2, 0) is 14.3 Å². The lowest BCUT2D eigenvalue weighted by molar-refractivity contribution is -0.143. The molecular weight excluding hydrogens is 268 g/mol. The van der Waals surface area contributed by atoms with Crippen molar-refractivity contribution in [1.29, 1.82) is 0 Å². The maximum absolute atomic E-state index is 11.5. The topological polar surface area (TPSA) is 81.4 Å². The first-order valence-corrected chi connectivity index (χ1v) is 8.30. The third-order valence-electron chi connectivity index (χ3n) is 3.46. The molecule has 0 aliphatic heterocycles. The Balaban J connectivity index is 3.40. The van der Waals surface area contributed by atoms with E-state index in [1.165, 1.54) is 25.7 Å². The molecule has 0 saturated heterocycles. The molecule has 0 aromatic heterocycles. The van der Waals surface area contributed by atoms with E-state index in [1.807, 2.05) is 6.92 Å². The number of esters is 1. The van der Waals surface area contributed by atoms with Crippen LogP contribution in [0.15, 0.2) is 0 Å². The number of hydrogen-bond donors (Lipinski definition) is 2. The van der Waals surface area contributed by atoms with Crippen LogP contribution in [-0.4, -0.2) is 31.1 Å². The molecule has 0 spiro atoms. The Morgan fingerprint density at radius 1 is 1.05 bits per heavy atom. The SMILES string of the molecule is CCCCCCCCOC(=O)CCCNC(CC)C(N)=O. The molecule has 3 N–H and O–H groups in total. The summed E-state index contributed by atoms with van der Waals surface area (Å²) in [6, 6.07) is -0.302. The molecule has 124 valence electrons. The van der Waals surface area contributed by atoms with Gasteiger partial charge in [-0.05, 0) is 25.8 Å². The van der Waals surface area contributed by atoms with E-state index in [2.05, 4.69) is 12.2 Å². The fourth-order valence-electron chi connectivity index (χ4n) is 2.10. The molecule has 0 fully saturated rings. The second kappa shape index (κ2) is 13.9. The summed E-state index contributed by atoms with van der Waals surface area (Å²) >= 11 is 0. The minimum atomic E-state index is -0.344. The molecule has 1 atom stereocenters. The Bertz CT molecular complexity index is 283. The van der Waals surface area contributed by atoms with Gasteiger partial charge in [-0.3, -0.25) is 9.59 Å². The van der Waals surface area contributed by atoms with Crippen molar-refractivity contribution in [3.63, 3.8) is 0 Å². The molecule has 1 amide bonds. The zero-order chi connectivity index (χ0) is 15.9. The average molecular weight is 300 g/mol. The van der Waals surface area contributed by atoms with Crippen LogP contribution in [0.3, 0.4) is 0 Å². The van der Waals surface area contributed by atoms with E-state index in [-0.39, 0.29) is 17.9 Å². The molecule has 0 saturated carbocycles. The molecule has 5 nitrogen and oxygen atoms in total. The molecule has 0 rings (SSSR count). The van der Waals surface area contributed by atoms with Crippen LogP contribution >= 0.6 is 0 Å². The molecule has 0 bridgehead atoms. The Morgan fingerprint density at radius 2 is 1.71 bits per heavy atom. The standard InChI is InChI=1S/C16H32N2O3/c1-3-5-6-7-8-9-13-21-15(19)11-10-12-18-14(4-2)16(17)20/h14,18H,3-13H2,1-2H3,(H2,17,20). The fourth-order valence-corrected chi connectivity index (χ4v) is 2.10. The van der Waals surface area contributed by atoms with Crippen molar-refractivity contribution in [2.45, 2.75) is 77.7 Å². The van der Waals surface area contributed by atoms with E-state index in [0.717, 1.165) is 12.8 Å². The summed E-state index contributed by atoms with van der Waals surface area (Å²) in [7, 11) is 0. The van der Waals surface area contributed by atoms with Crippen molar-refractivity contribution >= 4 is 11.9 Å². The highest BCUT2D eigenvalue weighted by atomic mass is 16.5. The number of primary amides is 1. The van der Waals surface area contributed by atoms with Gasteiger partial charge in [-0.15, -0.1) is 0 Å². The van der Waals surface area contributed by atoms with Gasteiger partial charge in [-0.25, -0.2) is 0 Å². The van der Waals surface area contributed by atoms with Gasteiger partial charge in [0.1, 0.15) is 0 Å². The number of hydrogen-bond acceptors (Lipinski definition) is 4. The normalized spacial score (nSPS) is 12.1. The lowest BCUT2D eigenvalue weighted by atomic mass is 10.1. The summed E-state index contributed by atoms with van der Waals surface area (Å²) in [6.45, 7) is 5.23. The summed E-state index contributed by atoms with van der Waals surface area (Å²) in [4.78, 5) is 22.5. The highest BCUT2D eigenvalue weighted by Gasteiger charge is 2.11. The maximum atomic E-state index is 11.5. The van der Waals surface area contributed by atoms with Gasteiger partial charge in [-0.1, -0.05) is 46.0 Å². The number of amides is 1. The van der Waals surface area contributed by atoms with Crippen LogP contribution in [0, 0.1) is 0 Å². The lowest BCUT2D eigenvalue weighted by Gasteiger charge is -2.12. The molecule has 1 unspecified atom stereocenters. The van der Waals surface area contributed by atoms with E-state index in [0.29, 0.717) is 32.4 Å². The minimum Gasteiger partial charge on any atom is -0.466 e.